The molecule has 6 nitrogen and oxygen atoms in total. The largest absolute Gasteiger partial charge is 0.451 e. The normalized spacial score (nSPS) is 11.0. The van der Waals surface area contributed by atoms with Gasteiger partial charge in [0.15, 0.2) is 6.39 Å². The summed E-state index contributed by atoms with van der Waals surface area (Å²) >= 11 is 0. The van der Waals surface area contributed by atoms with Crippen LogP contribution in [0.25, 0.3) is 28.0 Å². The molecule has 0 fully saturated rings. The van der Waals surface area contributed by atoms with Crippen LogP contribution in [-0.2, 0) is 6.54 Å². The Morgan fingerprint density at radius 1 is 1.03 bits per heavy atom. The number of carbonyl (C=O) groups excluding carboxylic acids is 1. The number of oxazole rings is 1. The number of nitrogens with zero attached hydrogens (tertiary/aromatic N) is 3. The molecule has 1 aromatic carbocycles. The van der Waals surface area contributed by atoms with Gasteiger partial charge in [0.2, 0.25) is 0 Å². The lowest BCUT2D eigenvalue weighted by Crippen LogP contribution is -2.23. The third-order valence-corrected chi connectivity index (χ3v) is 5.20. The number of carbonyl (C=O) groups is 1. The van der Waals surface area contributed by atoms with Crippen molar-refractivity contribution in [2.75, 3.05) is 0 Å². The van der Waals surface area contributed by atoms with Crippen molar-refractivity contribution in [3.8, 4) is 22.5 Å². The minimum absolute atomic E-state index is 0.190. The van der Waals surface area contributed by atoms with E-state index in [9.17, 15) is 4.79 Å². The monoisotopic (exact) mass is 408 g/mol. The SMILES string of the molecule is Cc1cccc(-c2ccc3cc(C(=O)NCc4ccccn4)c(-c4cocn4)n3c2)c1. The first-order chi connectivity index (χ1) is 15.2. The van der Waals surface area contributed by atoms with Crippen molar-refractivity contribution < 1.29 is 9.21 Å². The minimum Gasteiger partial charge on any atom is -0.451 e. The van der Waals surface area contributed by atoms with E-state index in [-0.39, 0.29) is 5.91 Å². The molecule has 5 aromatic rings. The predicted molar refractivity (Wildman–Crippen MR) is 118 cm³/mol. The summed E-state index contributed by atoms with van der Waals surface area (Å²) in [6.45, 7) is 2.42. The van der Waals surface area contributed by atoms with Gasteiger partial charge >= 0.3 is 0 Å². The van der Waals surface area contributed by atoms with E-state index < -0.39 is 0 Å². The highest BCUT2D eigenvalue weighted by molar-refractivity contribution is 6.02. The Labute approximate surface area is 179 Å². The summed E-state index contributed by atoms with van der Waals surface area (Å²) in [5.41, 5.74) is 6.88. The highest BCUT2D eigenvalue weighted by atomic mass is 16.3. The molecule has 1 amide bonds. The molecule has 0 bridgehead atoms. The van der Waals surface area contributed by atoms with Crippen molar-refractivity contribution in [1.82, 2.24) is 19.7 Å². The number of amides is 1. The van der Waals surface area contributed by atoms with Gasteiger partial charge in [-0.15, -0.1) is 0 Å². The van der Waals surface area contributed by atoms with E-state index in [4.69, 9.17) is 4.42 Å². The van der Waals surface area contributed by atoms with Crippen molar-refractivity contribution in [3.05, 3.63) is 103 Å². The van der Waals surface area contributed by atoms with Crippen LogP contribution in [0.2, 0.25) is 0 Å². The van der Waals surface area contributed by atoms with Gasteiger partial charge in [0.1, 0.15) is 12.0 Å². The van der Waals surface area contributed by atoms with Crippen LogP contribution in [0.1, 0.15) is 21.6 Å². The third kappa shape index (κ3) is 3.71. The van der Waals surface area contributed by atoms with E-state index >= 15 is 0 Å². The molecule has 0 spiro atoms. The Balaban J connectivity index is 1.58. The zero-order chi connectivity index (χ0) is 21.2. The molecule has 0 radical (unpaired) electrons. The molecule has 4 heterocycles. The lowest BCUT2D eigenvalue weighted by molar-refractivity contribution is 0.0951. The summed E-state index contributed by atoms with van der Waals surface area (Å²) in [7, 11) is 0. The Kier molecular flexibility index (Phi) is 4.80. The number of fused-ring (bicyclic) bond motifs is 1. The van der Waals surface area contributed by atoms with Gasteiger partial charge in [0, 0.05) is 17.9 Å². The second kappa shape index (κ2) is 7.91. The zero-order valence-electron chi connectivity index (χ0n) is 16.9. The topological polar surface area (TPSA) is 72.4 Å². The molecule has 0 atom stereocenters. The maximum absolute atomic E-state index is 13.1. The molecule has 6 heteroatoms. The second-order valence-corrected chi connectivity index (χ2v) is 7.37. The van der Waals surface area contributed by atoms with Gasteiger partial charge in [0.25, 0.3) is 5.91 Å². The average molecular weight is 408 g/mol. The van der Waals surface area contributed by atoms with Gasteiger partial charge < -0.3 is 14.1 Å². The number of benzene rings is 1. The quantitative estimate of drug-likeness (QED) is 0.449. The van der Waals surface area contributed by atoms with Gasteiger partial charge in [-0.1, -0.05) is 42.0 Å². The minimum atomic E-state index is -0.190. The maximum atomic E-state index is 13.1. The van der Waals surface area contributed by atoms with Crippen molar-refractivity contribution in [1.29, 1.82) is 0 Å². The van der Waals surface area contributed by atoms with E-state index in [1.54, 1.807) is 12.5 Å². The van der Waals surface area contributed by atoms with Crippen LogP contribution in [-0.4, -0.2) is 20.3 Å². The van der Waals surface area contributed by atoms with Crippen LogP contribution in [0.5, 0.6) is 0 Å². The number of aryl methyl sites for hydroxylation is 1. The van der Waals surface area contributed by atoms with Gasteiger partial charge in [-0.2, -0.15) is 0 Å². The Morgan fingerprint density at radius 2 is 1.97 bits per heavy atom. The lowest BCUT2D eigenvalue weighted by Gasteiger charge is -2.08. The fraction of sp³-hybridized carbons (Fsp3) is 0.0800. The van der Waals surface area contributed by atoms with Crippen LogP contribution < -0.4 is 5.32 Å². The molecule has 0 saturated heterocycles. The van der Waals surface area contributed by atoms with Gasteiger partial charge in [-0.3, -0.25) is 9.78 Å². The van der Waals surface area contributed by atoms with Crippen LogP contribution in [0.3, 0.4) is 0 Å². The number of hydrogen-bond donors (Lipinski definition) is 1. The molecule has 31 heavy (non-hydrogen) atoms. The van der Waals surface area contributed by atoms with E-state index in [1.165, 1.54) is 12.0 Å². The second-order valence-electron chi connectivity index (χ2n) is 7.37. The van der Waals surface area contributed by atoms with Gasteiger partial charge in [0.05, 0.1) is 23.5 Å². The molecule has 0 aliphatic heterocycles. The summed E-state index contributed by atoms with van der Waals surface area (Å²) in [5, 5.41) is 2.96. The number of hydrogen-bond acceptors (Lipinski definition) is 4. The standard InChI is InChI=1S/C25H20N4O2/c1-17-5-4-6-18(11-17)19-8-9-21-12-22(24(29(21)14-19)23-15-31-16-28-23)25(30)27-13-20-7-2-3-10-26-20/h2-12,14-16H,13H2,1H3,(H,27,30). The number of nitrogens with one attached hydrogen (secondary N) is 1. The molecule has 1 N–H and O–H groups in total. The van der Waals surface area contributed by atoms with Crippen molar-refractivity contribution in [2.45, 2.75) is 13.5 Å². The van der Waals surface area contributed by atoms with E-state index in [2.05, 4.69) is 46.5 Å². The van der Waals surface area contributed by atoms with Crippen LogP contribution >= 0.6 is 0 Å². The molecular formula is C25H20N4O2. The van der Waals surface area contributed by atoms with Crippen molar-refractivity contribution in [3.63, 3.8) is 0 Å². The molecule has 0 saturated carbocycles. The van der Waals surface area contributed by atoms with Crippen LogP contribution in [0.4, 0.5) is 0 Å². The van der Waals surface area contributed by atoms with Gasteiger partial charge in [-0.05, 0) is 42.3 Å². The van der Waals surface area contributed by atoms with Gasteiger partial charge in [-0.25, -0.2) is 4.98 Å². The first kappa shape index (κ1) is 18.8. The summed E-state index contributed by atoms with van der Waals surface area (Å²) in [5.74, 6) is -0.190. The Morgan fingerprint density at radius 3 is 2.74 bits per heavy atom. The molecule has 0 aliphatic rings. The summed E-state index contributed by atoms with van der Waals surface area (Å²) < 4.78 is 7.21. The maximum Gasteiger partial charge on any atom is 0.253 e. The van der Waals surface area contributed by atoms with E-state index in [1.807, 2.05) is 47.0 Å². The molecule has 0 aliphatic carbocycles. The average Bonchev–Trinajstić information content (AvgIpc) is 3.45. The molecule has 4 aromatic heterocycles. The van der Waals surface area contributed by atoms with E-state index in [0.717, 1.165) is 22.3 Å². The highest BCUT2D eigenvalue weighted by Gasteiger charge is 2.20. The number of pyridine rings is 2. The van der Waals surface area contributed by atoms with Crippen molar-refractivity contribution in [2.24, 2.45) is 0 Å². The smallest absolute Gasteiger partial charge is 0.253 e. The summed E-state index contributed by atoms with van der Waals surface area (Å²) in [4.78, 5) is 21.7. The fourth-order valence-corrected chi connectivity index (χ4v) is 3.70. The first-order valence-electron chi connectivity index (χ1n) is 9.98. The Hall–Kier alpha value is -4.19. The fourth-order valence-electron chi connectivity index (χ4n) is 3.70. The molecule has 5 rings (SSSR count). The van der Waals surface area contributed by atoms with Crippen LogP contribution in [0, 0.1) is 6.92 Å². The third-order valence-electron chi connectivity index (χ3n) is 5.20. The summed E-state index contributed by atoms with van der Waals surface area (Å²) in [6, 6.07) is 19.9. The van der Waals surface area contributed by atoms with E-state index in [0.29, 0.717) is 23.5 Å². The van der Waals surface area contributed by atoms with Crippen molar-refractivity contribution >= 4 is 11.4 Å². The number of aromatic nitrogens is 3. The molecule has 0 unspecified atom stereocenters. The Bertz CT molecular complexity index is 1360. The lowest BCUT2D eigenvalue weighted by atomic mass is 10.1. The zero-order valence-corrected chi connectivity index (χ0v) is 16.9. The highest BCUT2D eigenvalue weighted by Crippen LogP contribution is 2.30. The predicted octanol–water partition coefficient (Wildman–Crippen LogP) is 4.89. The first-order valence-corrected chi connectivity index (χ1v) is 9.98. The molecular weight excluding hydrogens is 388 g/mol. The molecule has 152 valence electrons. The van der Waals surface area contributed by atoms with Crippen LogP contribution in [0.15, 0.2) is 90.1 Å². The number of rotatable bonds is 5. The summed E-state index contributed by atoms with van der Waals surface area (Å²) in [6.07, 6.45) is 6.66.